The minimum atomic E-state index is -1.04. The molecule has 5 N–H and O–H groups in total. The van der Waals surface area contributed by atoms with Gasteiger partial charge >= 0.3 is 5.97 Å². The highest BCUT2D eigenvalue weighted by atomic mass is 16.4. The molecule has 9 nitrogen and oxygen atoms in total. The number of nitrogens with one attached hydrogen (secondary N) is 2. The Bertz CT molecular complexity index is 496. The van der Waals surface area contributed by atoms with E-state index in [-0.39, 0.29) is 19.0 Å². The van der Waals surface area contributed by atoms with Crippen LogP contribution in [0.25, 0.3) is 0 Å². The average molecular weight is 342 g/mol. The molecule has 0 radical (unpaired) electrons. The SMILES string of the molecule is CCC(C)C(NC(=O)CN)C(=O)NCC(=O)N1CCCC1C(=O)O. The summed E-state index contributed by atoms with van der Waals surface area (Å²) in [7, 11) is 0. The highest BCUT2D eigenvalue weighted by molar-refractivity contribution is 5.92. The summed E-state index contributed by atoms with van der Waals surface area (Å²) in [6, 6.07) is -1.62. The highest BCUT2D eigenvalue weighted by Gasteiger charge is 2.34. The van der Waals surface area contributed by atoms with E-state index in [1.54, 1.807) is 0 Å². The van der Waals surface area contributed by atoms with Crippen LogP contribution in [-0.4, -0.2) is 65.4 Å². The van der Waals surface area contributed by atoms with Crippen molar-refractivity contribution in [2.75, 3.05) is 19.6 Å². The number of amides is 3. The lowest BCUT2D eigenvalue weighted by atomic mass is 9.98. The Morgan fingerprint density at radius 1 is 1.33 bits per heavy atom. The second-order valence-electron chi connectivity index (χ2n) is 5.94. The zero-order chi connectivity index (χ0) is 18.3. The summed E-state index contributed by atoms with van der Waals surface area (Å²) in [5.74, 6) is -2.55. The third-order valence-corrected chi connectivity index (χ3v) is 4.27. The van der Waals surface area contributed by atoms with E-state index in [1.807, 2.05) is 13.8 Å². The largest absolute Gasteiger partial charge is 0.480 e. The molecular formula is C15H26N4O5. The maximum atomic E-state index is 12.3. The number of hydrogen-bond acceptors (Lipinski definition) is 5. The van der Waals surface area contributed by atoms with E-state index >= 15 is 0 Å². The maximum Gasteiger partial charge on any atom is 0.326 e. The number of carbonyl (C=O) groups excluding carboxylic acids is 3. The summed E-state index contributed by atoms with van der Waals surface area (Å²) in [5, 5.41) is 14.1. The first kappa shape index (κ1) is 19.9. The Morgan fingerprint density at radius 3 is 2.54 bits per heavy atom. The second-order valence-corrected chi connectivity index (χ2v) is 5.94. The average Bonchev–Trinajstić information content (AvgIpc) is 3.06. The molecule has 0 saturated carbocycles. The lowest BCUT2D eigenvalue weighted by molar-refractivity contribution is -0.148. The number of aliphatic carboxylic acids is 1. The van der Waals surface area contributed by atoms with Crippen LogP contribution in [0.5, 0.6) is 0 Å². The topological polar surface area (TPSA) is 142 Å². The van der Waals surface area contributed by atoms with E-state index in [9.17, 15) is 19.2 Å². The van der Waals surface area contributed by atoms with Gasteiger partial charge in [0.15, 0.2) is 0 Å². The molecule has 1 aliphatic heterocycles. The van der Waals surface area contributed by atoms with Gasteiger partial charge in [0.25, 0.3) is 0 Å². The third-order valence-electron chi connectivity index (χ3n) is 4.27. The lowest BCUT2D eigenvalue weighted by Gasteiger charge is -2.25. The standard InChI is InChI=1S/C15H26N4O5/c1-3-9(2)13(18-11(20)7-16)14(22)17-8-12(21)19-6-4-5-10(19)15(23)24/h9-10,13H,3-8,16H2,1-2H3,(H,17,22)(H,18,20)(H,23,24). The van der Waals surface area contributed by atoms with E-state index in [2.05, 4.69) is 10.6 Å². The van der Waals surface area contributed by atoms with Crippen molar-refractivity contribution in [3.05, 3.63) is 0 Å². The molecule has 1 rings (SSSR count). The summed E-state index contributed by atoms with van der Waals surface area (Å²) in [4.78, 5) is 48.2. The van der Waals surface area contributed by atoms with Gasteiger partial charge in [0.2, 0.25) is 17.7 Å². The van der Waals surface area contributed by atoms with Crippen molar-refractivity contribution in [3.63, 3.8) is 0 Å². The summed E-state index contributed by atoms with van der Waals surface area (Å²) in [5.41, 5.74) is 5.25. The molecule has 0 aromatic carbocycles. The van der Waals surface area contributed by atoms with Crippen LogP contribution < -0.4 is 16.4 Å². The molecular weight excluding hydrogens is 316 g/mol. The summed E-state index contributed by atoms with van der Waals surface area (Å²) in [6.45, 7) is 3.53. The molecule has 0 aliphatic carbocycles. The van der Waals surface area contributed by atoms with Gasteiger partial charge in [0, 0.05) is 6.54 Å². The van der Waals surface area contributed by atoms with Gasteiger partial charge < -0.3 is 26.4 Å². The molecule has 0 aromatic heterocycles. The van der Waals surface area contributed by atoms with Crippen LogP contribution in [0.1, 0.15) is 33.1 Å². The number of carboxylic acid groups (broad SMARTS) is 1. The number of carboxylic acids is 1. The number of nitrogens with two attached hydrogens (primary N) is 1. The molecule has 1 fully saturated rings. The van der Waals surface area contributed by atoms with Crippen molar-refractivity contribution in [3.8, 4) is 0 Å². The van der Waals surface area contributed by atoms with Gasteiger partial charge in [-0.25, -0.2) is 4.79 Å². The van der Waals surface area contributed by atoms with E-state index in [0.29, 0.717) is 25.8 Å². The Balaban J connectivity index is 2.62. The normalized spacial score (nSPS) is 19.5. The minimum absolute atomic E-state index is 0.130. The Morgan fingerprint density at radius 2 is 2.00 bits per heavy atom. The summed E-state index contributed by atoms with van der Waals surface area (Å²) in [6.07, 6.45) is 1.69. The molecule has 0 spiro atoms. The molecule has 3 atom stereocenters. The number of hydrogen-bond donors (Lipinski definition) is 4. The van der Waals surface area contributed by atoms with E-state index < -0.39 is 35.8 Å². The fraction of sp³-hybridized carbons (Fsp3) is 0.733. The van der Waals surface area contributed by atoms with Gasteiger partial charge in [-0.3, -0.25) is 14.4 Å². The monoisotopic (exact) mass is 342 g/mol. The van der Waals surface area contributed by atoms with Crippen LogP contribution in [0.15, 0.2) is 0 Å². The van der Waals surface area contributed by atoms with E-state index in [4.69, 9.17) is 10.8 Å². The molecule has 3 amide bonds. The molecule has 0 bridgehead atoms. The van der Waals surface area contributed by atoms with Crippen molar-refractivity contribution < 1.29 is 24.3 Å². The number of rotatable bonds is 8. The smallest absolute Gasteiger partial charge is 0.326 e. The Hall–Kier alpha value is -2.16. The predicted octanol–water partition coefficient (Wildman–Crippen LogP) is -1.33. The molecule has 136 valence electrons. The number of carbonyl (C=O) groups is 4. The van der Waals surface area contributed by atoms with Crippen molar-refractivity contribution in [2.45, 2.75) is 45.2 Å². The van der Waals surface area contributed by atoms with Crippen LogP contribution in [0, 0.1) is 5.92 Å². The van der Waals surface area contributed by atoms with Crippen molar-refractivity contribution in [2.24, 2.45) is 11.7 Å². The van der Waals surface area contributed by atoms with Crippen LogP contribution in [-0.2, 0) is 19.2 Å². The van der Waals surface area contributed by atoms with E-state index in [1.165, 1.54) is 4.90 Å². The first-order valence-corrected chi connectivity index (χ1v) is 8.11. The number of nitrogens with zero attached hydrogens (tertiary/aromatic N) is 1. The van der Waals surface area contributed by atoms with Gasteiger partial charge in [-0.1, -0.05) is 20.3 Å². The molecule has 1 saturated heterocycles. The summed E-state index contributed by atoms with van der Waals surface area (Å²) >= 11 is 0. The molecule has 24 heavy (non-hydrogen) atoms. The van der Waals surface area contributed by atoms with Gasteiger partial charge in [0.1, 0.15) is 12.1 Å². The van der Waals surface area contributed by atoms with Crippen molar-refractivity contribution >= 4 is 23.7 Å². The Labute approximate surface area is 140 Å². The zero-order valence-electron chi connectivity index (χ0n) is 14.1. The minimum Gasteiger partial charge on any atom is -0.480 e. The van der Waals surface area contributed by atoms with Gasteiger partial charge in [-0.2, -0.15) is 0 Å². The lowest BCUT2D eigenvalue weighted by Crippen LogP contribution is -2.53. The predicted molar refractivity (Wildman–Crippen MR) is 85.8 cm³/mol. The first-order valence-electron chi connectivity index (χ1n) is 8.11. The Kier molecular flexibility index (Phi) is 7.63. The highest BCUT2D eigenvalue weighted by Crippen LogP contribution is 2.17. The maximum absolute atomic E-state index is 12.3. The zero-order valence-corrected chi connectivity index (χ0v) is 14.1. The second kappa shape index (κ2) is 9.21. The van der Waals surface area contributed by atoms with E-state index in [0.717, 1.165) is 0 Å². The summed E-state index contributed by atoms with van der Waals surface area (Å²) < 4.78 is 0. The van der Waals surface area contributed by atoms with Gasteiger partial charge in [0.05, 0.1) is 13.1 Å². The fourth-order valence-electron chi connectivity index (χ4n) is 2.63. The quantitative estimate of drug-likeness (QED) is 0.430. The first-order chi connectivity index (χ1) is 11.3. The third kappa shape index (κ3) is 5.19. The van der Waals surface area contributed by atoms with Crippen LogP contribution in [0.4, 0.5) is 0 Å². The van der Waals surface area contributed by atoms with Crippen LogP contribution in [0.3, 0.4) is 0 Å². The van der Waals surface area contributed by atoms with Crippen LogP contribution in [0.2, 0.25) is 0 Å². The van der Waals surface area contributed by atoms with Gasteiger partial charge in [-0.15, -0.1) is 0 Å². The molecule has 9 heteroatoms. The molecule has 1 aliphatic rings. The van der Waals surface area contributed by atoms with Crippen LogP contribution >= 0.6 is 0 Å². The number of likely N-dealkylation sites (tertiary alicyclic amines) is 1. The molecule has 0 aromatic rings. The fourth-order valence-corrected chi connectivity index (χ4v) is 2.63. The molecule has 3 unspecified atom stereocenters. The molecule has 1 heterocycles. The van der Waals surface area contributed by atoms with Crippen molar-refractivity contribution in [1.29, 1.82) is 0 Å². The van der Waals surface area contributed by atoms with Gasteiger partial charge in [-0.05, 0) is 18.8 Å². The van der Waals surface area contributed by atoms with Crippen molar-refractivity contribution in [1.82, 2.24) is 15.5 Å².